The fourth-order valence-corrected chi connectivity index (χ4v) is 1.86. The van der Waals surface area contributed by atoms with Crippen LogP contribution < -0.4 is 10.1 Å². The predicted molar refractivity (Wildman–Crippen MR) is 71.4 cm³/mol. The molecule has 1 amide bonds. The van der Waals surface area contributed by atoms with Crippen LogP contribution in [-0.4, -0.2) is 30.1 Å². The number of nitrogens with one attached hydrogen (secondary N) is 1. The van der Waals surface area contributed by atoms with Crippen LogP contribution in [0.15, 0.2) is 18.2 Å². The largest absolute Gasteiger partial charge is 0.494 e. The highest BCUT2D eigenvalue weighted by molar-refractivity contribution is 5.94. The monoisotopic (exact) mass is 283 g/mol. The molecule has 110 valence electrons. The minimum Gasteiger partial charge on any atom is -0.494 e. The van der Waals surface area contributed by atoms with Gasteiger partial charge in [0.15, 0.2) is 11.6 Å². The number of carboxylic acid groups (broad SMARTS) is 1. The van der Waals surface area contributed by atoms with Crippen LogP contribution in [0.4, 0.5) is 4.39 Å². The Labute approximate surface area is 116 Å². The maximum absolute atomic E-state index is 13.5. The molecule has 0 aliphatic rings. The third-order valence-corrected chi connectivity index (χ3v) is 2.81. The molecule has 0 aliphatic carbocycles. The topological polar surface area (TPSA) is 75.6 Å². The van der Waals surface area contributed by atoms with Crippen LogP contribution in [0.25, 0.3) is 0 Å². The number of halogens is 1. The van der Waals surface area contributed by atoms with Gasteiger partial charge < -0.3 is 15.2 Å². The molecule has 0 saturated carbocycles. The average molecular weight is 283 g/mol. The van der Waals surface area contributed by atoms with Crippen molar-refractivity contribution >= 4 is 11.9 Å². The number of hydrogen-bond acceptors (Lipinski definition) is 3. The van der Waals surface area contributed by atoms with Gasteiger partial charge in [0.25, 0.3) is 5.91 Å². The van der Waals surface area contributed by atoms with Gasteiger partial charge in [-0.05, 0) is 24.6 Å². The summed E-state index contributed by atoms with van der Waals surface area (Å²) in [6.07, 6.45) is 1.14. The molecule has 0 spiro atoms. The van der Waals surface area contributed by atoms with Gasteiger partial charge in [-0.2, -0.15) is 0 Å². The lowest BCUT2D eigenvalue weighted by molar-refractivity contribution is -0.137. The molecular formula is C14H18FNO4. The summed E-state index contributed by atoms with van der Waals surface area (Å²) < 4.78 is 18.3. The molecule has 1 rings (SSSR count). The van der Waals surface area contributed by atoms with E-state index in [1.54, 1.807) is 0 Å². The molecule has 1 aromatic rings. The Morgan fingerprint density at radius 1 is 1.45 bits per heavy atom. The van der Waals surface area contributed by atoms with Crippen molar-refractivity contribution < 1.29 is 23.8 Å². The molecule has 0 saturated heterocycles. The zero-order chi connectivity index (χ0) is 15.1. The minimum absolute atomic E-state index is 0.0530. The molecule has 6 heteroatoms. The lowest BCUT2D eigenvalue weighted by Crippen LogP contribution is -2.36. The van der Waals surface area contributed by atoms with Crippen molar-refractivity contribution in [1.82, 2.24) is 5.32 Å². The molecule has 0 radical (unpaired) electrons. The highest BCUT2D eigenvalue weighted by Crippen LogP contribution is 2.17. The average Bonchev–Trinajstić information content (AvgIpc) is 2.38. The number of aliphatic carboxylic acids is 1. The van der Waals surface area contributed by atoms with Crippen molar-refractivity contribution in [1.29, 1.82) is 0 Å². The van der Waals surface area contributed by atoms with Crippen molar-refractivity contribution in [3.05, 3.63) is 29.6 Å². The predicted octanol–water partition coefficient (Wildman–Crippen LogP) is 2.21. The van der Waals surface area contributed by atoms with Crippen LogP contribution in [-0.2, 0) is 4.79 Å². The smallest absolute Gasteiger partial charge is 0.305 e. The van der Waals surface area contributed by atoms with E-state index in [0.29, 0.717) is 6.42 Å². The molecule has 1 unspecified atom stereocenters. The number of carboxylic acids is 1. The summed E-state index contributed by atoms with van der Waals surface area (Å²) in [6.45, 7) is 1.90. The second kappa shape index (κ2) is 7.47. The third-order valence-electron chi connectivity index (χ3n) is 2.81. The van der Waals surface area contributed by atoms with Crippen molar-refractivity contribution in [3.8, 4) is 5.75 Å². The summed E-state index contributed by atoms with van der Waals surface area (Å²) in [5.74, 6) is -2.06. The quantitative estimate of drug-likeness (QED) is 0.804. The SMILES string of the molecule is CCCC(CC(=O)O)NC(=O)c1ccc(OC)c(F)c1. The molecule has 5 nitrogen and oxygen atoms in total. The van der Waals surface area contributed by atoms with E-state index in [1.807, 2.05) is 6.92 Å². The highest BCUT2D eigenvalue weighted by Gasteiger charge is 2.17. The van der Waals surface area contributed by atoms with Gasteiger partial charge in [-0.15, -0.1) is 0 Å². The van der Waals surface area contributed by atoms with Crippen molar-refractivity contribution in [2.75, 3.05) is 7.11 Å². The first-order valence-electron chi connectivity index (χ1n) is 6.34. The van der Waals surface area contributed by atoms with Gasteiger partial charge in [0.05, 0.1) is 13.5 Å². The summed E-state index contributed by atoms with van der Waals surface area (Å²) in [5.41, 5.74) is 0.134. The van der Waals surface area contributed by atoms with E-state index >= 15 is 0 Å². The Morgan fingerprint density at radius 2 is 2.15 bits per heavy atom. The van der Waals surface area contributed by atoms with E-state index in [4.69, 9.17) is 9.84 Å². The van der Waals surface area contributed by atoms with Crippen LogP contribution in [0.2, 0.25) is 0 Å². The van der Waals surface area contributed by atoms with E-state index in [2.05, 4.69) is 5.32 Å². The highest BCUT2D eigenvalue weighted by atomic mass is 19.1. The number of methoxy groups -OCH3 is 1. The summed E-state index contributed by atoms with van der Waals surface area (Å²) in [7, 11) is 1.34. The zero-order valence-electron chi connectivity index (χ0n) is 11.5. The Bertz CT molecular complexity index is 490. The van der Waals surface area contributed by atoms with E-state index in [1.165, 1.54) is 19.2 Å². The Hall–Kier alpha value is -2.11. The van der Waals surface area contributed by atoms with Crippen LogP contribution in [0.3, 0.4) is 0 Å². The van der Waals surface area contributed by atoms with Gasteiger partial charge in [0.1, 0.15) is 0 Å². The first-order chi connectivity index (χ1) is 9.47. The van der Waals surface area contributed by atoms with Gasteiger partial charge in [-0.3, -0.25) is 9.59 Å². The van der Waals surface area contributed by atoms with Crippen LogP contribution >= 0.6 is 0 Å². The van der Waals surface area contributed by atoms with Crippen molar-refractivity contribution in [3.63, 3.8) is 0 Å². The van der Waals surface area contributed by atoms with Gasteiger partial charge in [0.2, 0.25) is 0 Å². The number of carbonyl (C=O) groups excluding carboxylic acids is 1. The third kappa shape index (κ3) is 4.53. The first kappa shape index (κ1) is 15.9. The van der Waals surface area contributed by atoms with Crippen LogP contribution in [0.1, 0.15) is 36.5 Å². The summed E-state index contributed by atoms with van der Waals surface area (Å²) in [5, 5.41) is 11.4. The lowest BCUT2D eigenvalue weighted by atomic mass is 10.1. The van der Waals surface area contributed by atoms with Gasteiger partial charge in [-0.25, -0.2) is 4.39 Å². The second-order valence-electron chi connectivity index (χ2n) is 4.41. The van der Waals surface area contributed by atoms with E-state index < -0.39 is 23.7 Å². The van der Waals surface area contributed by atoms with Gasteiger partial charge in [-0.1, -0.05) is 13.3 Å². The van der Waals surface area contributed by atoms with Crippen molar-refractivity contribution in [2.45, 2.75) is 32.2 Å². The maximum Gasteiger partial charge on any atom is 0.305 e. The molecule has 1 atom stereocenters. The first-order valence-corrected chi connectivity index (χ1v) is 6.34. The van der Waals surface area contributed by atoms with Gasteiger partial charge >= 0.3 is 5.97 Å². The Morgan fingerprint density at radius 3 is 2.65 bits per heavy atom. The van der Waals surface area contributed by atoms with E-state index in [-0.39, 0.29) is 17.7 Å². The molecule has 2 N–H and O–H groups in total. The fraction of sp³-hybridized carbons (Fsp3) is 0.429. The zero-order valence-corrected chi connectivity index (χ0v) is 11.5. The summed E-state index contributed by atoms with van der Waals surface area (Å²) in [6, 6.07) is 3.39. The van der Waals surface area contributed by atoms with Crippen LogP contribution in [0, 0.1) is 5.82 Å². The molecule has 20 heavy (non-hydrogen) atoms. The molecule has 0 aromatic heterocycles. The maximum atomic E-state index is 13.5. The summed E-state index contributed by atoms with van der Waals surface area (Å²) in [4.78, 5) is 22.7. The van der Waals surface area contributed by atoms with Crippen LogP contribution in [0.5, 0.6) is 5.75 Å². The molecular weight excluding hydrogens is 265 g/mol. The number of hydrogen-bond donors (Lipinski definition) is 2. The lowest BCUT2D eigenvalue weighted by Gasteiger charge is -2.16. The molecule has 0 heterocycles. The molecule has 0 fully saturated rings. The molecule has 1 aromatic carbocycles. The molecule has 0 aliphatic heterocycles. The Kier molecular flexibility index (Phi) is 5.96. The number of rotatable bonds is 7. The van der Waals surface area contributed by atoms with E-state index in [0.717, 1.165) is 12.5 Å². The minimum atomic E-state index is -0.982. The number of benzene rings is 1. The normalized spacial score (nSPS) is 11.8. The standard InChI is InChI=1S/C14H18FNO4/c1-3-4-10(8-13(17)18)16-14(19)9-5-6-12(20-2)11(15)7-9/h5-7,10H,3-4,8H2,1-2H3,(H,16,19)(H,17,18). The van der Waals surface area contributed by atoms with Gasteiger partial charge in [0, 0.05) is 11.6 Å². The Balaban J connectivity index is 2.77. The summed E-state index contributed by atoms with van der Waals surface area (Å²) >= 11 is 0. The second-order valence-corrected chi connectivity index (χ2v) is 4.41. The molecule has 0 bridgehead atoms. The number of ether oxygens (including phenoxy) is 1. The van der Waals surface area contributed by atoms with E-state index in [9.17, 15) is 14.0 Å². The fourth-order valence-electron chi connectivity index (χ4n) is 1.86. The number of carbonyl (C=O) groups is 2. The van der Waals surface area contributed by atoms with Crippen molar-refractivity contribution in [2.24, 2.45) is 0 Å². The number of amides is 1.